The van der Waals surface area contributed by atoms with Gasteiger partial charge in [-0.15, -0.1) is 0 Å². The molecule has 0 heterocycles. The molecule has 0 unspecified atom stereocenters. The Labute approximate surface area is 255 Å². The van der Waals surface area contributed by atoms with Crippen molar-refractivity contribution in [2.24, 2.45) is 0 Å². The number of amides is 1. The average molecular weight is 586 g/mol. The fourth-order valence-electron chi connectivity index (χ4n) is 4.80. The zero-order valence-electron chi connectivity index (χ0n) is 25.7. The van der Waals surface area contributed by atoms with Crippen LogP contribution in [-0.4, -0.2) is 24.4 Å². The maximum atomic E-state index is 14.1. The zero-order chi connectivity index (χ0) is 31.1. The van der Waals surface area contributed by atoms with Crippen molar-refractivity contribution in [1.82, 2.24) is 5.32 Å². The molecule has 1 amide bonds. The first-order valence-electron chi connectivity index (χ1n) is 14.9. The predicted octanol–water partition coefficient (Wildman–Crippen LogP) is 9.51. The Hall–Kier alpha value is -4.32. The van der Waals surface area contributed by atoms with Crippen LogP contribution in [0.4, 0.5) is 9.18 Å². The van der Waals surface area contributed by atoms with Crippen LogP contribution < -0.4 is 14.8 Å². The molecule has 0 saturated heterocycles. The quantitative estimate of drug-likeness (QED) is 0.153. The van der Waals surface area contributed by atoms with Crippen LogP contribution in [-0.2, 0) is 18.3 Å². The third-order valence-corrected chi connectivity index (χ3v) is 7.18. The molecule has 0 aliphatic carbocycles. The maximum absolute atomic E-state index is 14.1. The summed E-state index contributed by atoms with van der Waals surface area (Å²) in [7, 11) is 0. The Morgan fingerprint density at radius 1 is 0.837 bits per heavy atom. The topological polar surface area (TPSA) is 67.8 Å². The number of aryl methyl sites for hydroxylation is 3. The lowest BCUT2D eigenvalue weighted by atomic mass is 9.80. The number of ether oxygens (including phenoxy) is 2. The molecule has 4 aromatic rings. The molecule has 4 rings (SSSR count). The second kappa shape index (κ2) is 17.0. The Balaban J connectivity index is 0.000000303. The molecule has 4 aromatic carbocycles. The van der Waals surface area contributed by atoms with Crippen LogP contribution in [0, 0.1) is 12.7 Å². The summed E-state index contributed by atoms with van der Waals surface area (Å²) in [6, 6.07) is 31.1. The van der Waals surface area contributed by atoms with Crippen LogP contribution in [0.5, 0.6) is 17.2 Å². The van der Waals surface area contributed by atoms with E-state index in [0.717, 1.165) is 43.4 Å². The Morgan fingerprint density at radius 2 is 1.53 bits per heavy atom. The van der Waals surface area contributed by atoms with Gasteiger partial charge in [0.1, 0.15) is 11.5 Å². The van der Waals surface area contributed by atoms with Crippen molar-refractivity contribution in [3.8, 4) is 17.2 Å². The minimum atomic E-state index is -0.950. The number of benzene rings is 4. The molecule has 0 fully saturated rings. The highest BCUT2D eigenvalue weighted by Gasteiger charge is 2.20. The Morgan fingerprint density at radius 3 is 2.21 bits per heavy atom. The summed E-state index contributed by atoms with van der Waals surface area (Å²) in [6.07, 6.45) is 3.74. The second-order valence-corrected chi connectivity index (χ2v) is 11.2. The average Bonchev–Trinajstić information content (AvgIpc) is 2.98. The lowest BCUT2D eigenvalue weighted by Crippen LogP contribution is -2.22. The first kappa shape index (κ1) is 33.2. The first-order chi connectivity index (χ1) is 20.7. The van der Waals surface area contributed by atoms with Gasteiger partial charge < -0.3 is 19.9 Å². The third-order valence-electron chi connectivity index (χ3n) is 7.18. The lowest BCUT2D eigenvalue weighted by Gasteiger charge is -2.25. The minimum absolute atomic E-state index is 0.0636. The van der Waals surface area contributed by atoms with E-state index >= 15 is 0 Å². The zero-order valence-corrected chi connectivity index (χ0v) is 25.7. The van der Waals surface area contributed by atoms with E-state index in [0.29, 0.717) is 18.9 Å². The fourth-order valence-corrected chi connectivity index (χ4v) is 4.80. The van der Waals surface area contributed by atoms with Gasteiger partial charge in [-0.1, -0.05) is 80.1 Å². The van der Waals surface area contributed by atoms with E-state index in [4.69, 9.17) is 14.6 Å². The van der Waals surface area contributed by atoms with Crippen molar-refractivity contribution in [3.05, 3.63) is 125 Å². The van der Waals surface area contributed by atoms with Crippen LogP contribution in [0.3, 0.4) is 0 Å². The second-order valence-electron chi connectivity index (χ2n) is 11.2. The molecule has 6 heteroatoms. The van der Waals surface area contributed by atoms with Crippen molar-refractivity contribution >= 4 is 6.09 Å². The minimum Gasteiger partial charge on any atom is -0.494 e. The number of para-hydroxylation sites is 1. The first-order valence-corrected chi connectivity index (χ1v) is 14.9. The summed E-state index contributed by atoms with van der Waals surface area (Å²) in [4.78, 5) is 10.2. The van der Waals surface area contributed by atoms with Crippen molar-refractivity contribution in [1.29, 1.82) is 0 Å². The molecular formula is C37H44FNO4. The van der Waals surface area contributed by atoms with Crippen LogP contribution in [0.2, 0.25) is 0 Å². The normalized spacial score (nSPS) is 10.8. The number of carboxylic acid groups (broad SMARTS) is 1. The molecule has 0 saturated carbocycles. The van der Waals surface area contributed by atoms with Crippen molar-refractivity contribution in [3.63, 3.8) is 0 Å². The van der Waals surface area contributed by atoms with Gasteiger partial charge in [0.05, 0.1) is 6.61 Å². The van der Waals surface area contributed by atoms with E-state index in [1.807, 2.05) is 67.6 Å². The van der Waals surface area contributed by atoms with Gasteiger partial charge in [-0.3, -0.25) is 0 Å². The monoisotopic (exact) mass is 585 g/mol. The van der Waals surface area contributed by atoms with E-state index in [1.165, 1.54) is 22.8 Å². The number of hydrogen-bond acceptors (Lipinski definition) is 3. The summed E-state index contributed by atoms with van der Waals surface area (Å²) < 4.78 is 25.4. The highest BCUT2D eigenvalue weighted by Crippen LogP contribution is 2.31. The Bertz CT molecular complexity index is 1400. The van der Waals surface area contributed by atoms with E-state index in [1.54, 1.807) is 0 Å². The van der Waals surface area contributed by atoms with Crippen LogP contribution in [0.25, 0.3) is 0 Å². The molecule has 2 N–H and O–H groups in total. The van der Waals surface area contributed by atoms with Crippen LogP contribution in [0.15, 0.2) is 97.1 Å². The van der Waals surface area contributed by atoms with E-state index in [-0.39, 0.29) is 17.0 Å². The van der Waals surface area contributed by atoms with Gasteiger partial charge in [0.2, 0.25) is 0 Å². The largest absolute Gasteiger partial charge is 0.494 e. The molecule has 0 spiro atoms. The van der Waals surface area contributed by atoms with Crippen LogP contribution >= 0.6 is 0 Å². The SMILES string of the molecule is CCOc1ccc(C(C)(C)CCCc2ccc(F)c(Oc3ccccc3)c2)cc1.Cc1cccc(CCCNC(=O)O)c1. The number of halogens is 1. The van der Waals surface area contributed by atoms with Gasteiger partial charge in [0.15, 0.2) is 11.6 Å². The number of rotatable bonds is 13. The highest BCUT2D eigenvalue weighted by molar-refractivity contribution is 5.64. The maximum Gasteiger partial charge on any atom is 0.404 e. The summed E-state index contributed by atoms with van der Waals surface area (Å²) in [5, 5.41) is 10.7. The van der Waals surface area contributed by atoms with E-state index in [2.05, 4.69) is 56.4 Å². The third kappa shape index (κ3) is 11.8. The number of hydrogen-bond donors (Lipinski definition) is 2. The van der Waals surface area contributed by atoms with Crippen LogP contribution in [0.1, 0.15) is 62.3 Å². The standard InChI is InChI=1S/C26H29FO2.C11H15NO2/c1-4-28-22-15-13-21(14-16-22)26(2,3)18-8-9-20-12-17-24(27)25(19-20)29-23-10-6-5-7-11-23;1-9-4-2-5-10(8-9)6-3-7-12-11(13)14/h5-7,10-17,19H,4,8-9,18H2,1-3H3;2,4-5,8,12H,3,6-7H2,1H3,(H,13,14). The molecule has 0 aromatic heterocycles. The van der Waals surface area contributed by atoms with Gasteiger partial charge in [0.25, 0.3) is 0 Å². The smallest absolute Gasteiger partial charge is 0.404 e. The Kier molecular flexibility index (Phi) is 13.1. The molecule has 0 radical (unpaired) electrons. The van der Waals surface area contributed by atoms with Crippen molar-refractivity contribution in [2.45, 2.75) is 65.2 Å². The van der Waals surface area contributed by atoms with Gasteiger partial charge in [-0.2, -0.15) is 0 Å². The molecule has 0 aliphatic heterocycles. The predicted molar refractivity (Wildman–Crippen MR) is 172 cm³/mol. The van der Waals surface area contributed by atoms with Crippen molar-refractivity contribution in [2.75, 3.05) is 13.2 Å². The van der Waals surface area contributed by atoms with Gasteiger partial charge in [-0.05, 0) is 104 Å². The molecule has 0 aliphatic rings. The van der Waals surface area contributed by atoms with E-state index < -0.39 is 6.09 Å². The van der Waals surface area contributed by atoms with Gasteiger partial charge >= 0.3 is 6.09 Å². The molecular weight excluding hydrogens is 541 g/mol. The molecule has 228 valence electrons. The van der Waals surface area contributed by atoms with Gasteiger partial charge in [-0.25, -0.2) is 9.18 Å². The van der Waals surface area contributed by atoms with E-state index in [9.17, 15) is 9.18 Å². The number of nitrogens with one attached hydrogen (secondary N) is 1. The van der Waals surface area contributed by atoms with Gasteiger partial charge in [0, 0.05) is 6.54 Å². The molecule has 0 bridgehead atoms. The summed E-state index contributed by atoms with van der Waals surface area (Å²) in [6.45, 7) is 9.76. The summed E-state index contributed by atoms with van der Waals surface area (Å²) in [5.41, 5.74) is 4.95. The van der Waals surface area contributed by atoms with Crippen molar-refractivity contribution < 1.29 is 23.8 Å². The lowest BCUT2D eigenvalue weighted by molar-refractivity contribution is 0.194. The molecule has 5 nitrogen and oxygen atoms in total. The summed E-state index contributed by atoms with van der Waals surface area (Å²) in [5.74, 6) is 1.48. The highest BCUT2D eigenvalue weighted by atomic mass is 19.1. The number of carbonyl (C=O) groups is 1. The fraction of sp³-hybridized carbons (Fsp3) is 0.324. The molecule has 0 atom stereocenters. The summed E-state index contributed by atoms with van der Waals surface area (Å²) >= 11 is 0. The molecule has 43 heavy (non-hydrogen) atoms.